The first-order valence-corrected chi connectivity index (χ1v) is 12.6. The number of hydrogen-bond acceptors (Lipinski definition) is 4. The highest BCUT2D eigenvalue weighted by Gasteiger charge is 2.67. The summed E-state index contributed by atoms with van der Waals surface area (Å²) in [7, 11) is 0. The molecule has 172 valence electrons. The van der Waals surface area contributed by atoms with E-state index in [9.17, 15) is 14.4 Å². The Labute approximate surface area is 187 Å². The van der Waals surface area contributed by atoms with Crippen molar-refractivity contribution in [2.75, 3.05) is 0 Å². The molecule has 3 fully saturated rings. The van der Waals surface area contributed by atoms with Gasteiger partial charge in [0.05, 0.1) is 0 Å². The van der Waals surface area contributed by atoms with E-state index in [0.29, 0.717) is 37.0 Å². The van der Waals surface area contributed by atoms with Crippen LogP contribution in [-0.2, 0) is 19.1 Å². The summed E-state index contributed by atoms with van der Waals surface area (Å²) in [4.78, 5) is 37.8. The summed E-state index contributed by atoms with van der Waals surface area (Å²) in [5, 5.41) is 0. The molecule has 0 bridgehead atoms. The standard InChI is InChI=1S/C27H40O4/c1-5-6-7-8-24(30)31-27(18(2)28)16-13-23-21-10-9-19-17-20(29)11-14-25(19,3)22(21)12-15-26(23,27)4/h17,21-23H,5-16H2,1-4H3/t21-,22-,23-,25-,26+,27+/m1/s1. The van der Waals surface area contributed by atoms with E-state index in [2.05, 4.69) is 20.8 Å². The van der Waals surface area contributed by atoms with Gasteiger partial charge < -0.3 is 4.74 Å². The van der Waals surface area contributed by atoms with Crippen molar-refractivity contribution >= 4 is 17.5 Å². The molecule has 4 rings (SSSR count). The molecule has 0 heterocycles. The van der Waals surface area contributed by atoms with Crippen molar-refractivity contribution in [1.82, 2.24) is 0 Å². The van der Waals surface area contributed by atoms with Gasteiger partial charge in [0.2, 0.25) is 0 Å². The van der Waals surface area contributed by atoms with Gasteiger partial charge in [-0.3, -0.25) is 14.4 Å². The molecule has 4 aliphatic carbocycles. The Hall–Kier alpha value is -1.45. The molecule has 6 atom stereocenters. The van der Waals surface area contributed by atoms with Crippen LogP contribution in [0.2, 0.25) is 0 Å². The molecule has 0 radical (unpaired) electrons. The normalized spacial score (nSPS) is 41.6. The molecule has 4 heteroatoms. The summed E-state index contributed by atoms with van der Waals surface area (Å²) in [6.45, 7) is 8.37. The topological polar surface area (TPSA) is 60.4 Å². The van der Waals surface area contributed by atoms with Crippen molar-refractivity contribution in [3.05, 3.63) is 11.6 Å². The van der Waals surface area contributed by atoms with Crippen molar-refractivity contribution in [2.24, 2.45) is 28.6 Å². The number of fused-ring (bicyclic) bond motifs is 5. The van der Waals surface area contributed by atoms with E-state index >= 15 is 0 Å². The van der Waals surface area contributed by atoms with Crippen LogP contribution < -0.4 is 0 Å². The lowest BCUT2D eigenvalue weighted by atomic mass is 9.46. The number of ether oxygens (including phenoxy) is 1. The number of allylic oxidation sites excluding steroid dienone is 1. The van der Waals surface area contributed by atoms with Gasteiger partial charge in [0.15, 0.2) is 17.2 Å². The maximum absolute atomic E-state index is 13.1. The van der Waals surface area contributed by atoms with Gasteiger partial charge in [-0.2, -0.15) is 0 Å². The van der Waals surface area contributed by atoms with Crippen molar-refractivity contribution in [3.8, 4) is 0 Å². The molecule has 4 nitrogen and oxygen atoms in total. The summed E-state index contributed by atoms with van der Waals surface area (Å²) in [5.41, 5.74) is 0.261. The van der Waals surface area contributed by atoms with Gasteiger partial charge in [-0.15, -0.1) is 0 Å². The monoisotopic (exact) mass is 428 g/mol. The average molecular weight is 429 g/mol. The predicted octanol–water partition coefficient (Wildman–Crippen LogP) is 5.97. The molecular weight excluding hydrogens is 388 g/mol. The highest BCUT2D eigenvalue weighted by Crippen LogP contribution is 2.68. The summed E-state index contributed by atoms with van der Waals surface area (Å²) >= 11 is 0. The second-order valence-corrected chi connectivity index (χ2v) is 11.3. The van der Waals surface area contributed by atoms with Crippen LogP contribution in [0.5, 0.6) is 0 Å². The van der Waals surface area contributed by atoms with Gasteiger partial charge in [-0.05, 0) is 87.5 Å². The minimum Gasteiger partial charge on any atom is -0.450 e. The van der Waals surface area contributed by atoms with E-state index < -0.39 is 5.60 Å². The Balaban J connectivity index is 1.59. The van der Waals surface area contributed by atoms with Crippen LogP contribution >= 0.6 is 0 Å². The molecule has 0 N–H and O–H groups in total. The fourth-order valence-electron chi connectivity index (χ4n) is 8.14. The third kappa shape index (κ3) is 3.43. The molecule has 0 amide bonds. The quantitative estimate of drug-likeness (QED) is 0.386. The number of rotatable bonds is 6. The van der Waals surface area contributed by atoms with Gasteiger partial charge in [-0.1, -0.05) is 39.2 Å². The Morgan fingerprint density at radius 2 is 1.77 bits per heavy atom. The number of ketones is 2. The number of Topliss-reactive ketones (excluding diaryl/α,β-unsaturated/α-hetero) is 1. The highest BCUT2D eigenvalue weighted by molar-refractivity contribution is 5.91. The average Bonchev–Trinajstić information content (AvgIpc) is 3.02. The van der Waals surface area contributed by atoms with Crippen molar-refractivity contribution in [2.45, 2.75) is 110 Å². The number of carbonyl (C=O) groups is 3. The van der Waals surface area contributed by atoms with Gasteiger partial charge >= 0.3 is 5.97 Å². The van der Waals surface area contributed by atoms with Crippen LogP contribution in [0.4, 0.5) is 0 Å². The van der Waals surface area contributed by atoms with Gasteiger partial charge in [-0.25, -0.2) is 0 Å². The molecule has 31 heavy (non-hydrogen) atoms. The van der Waals surface area contributed by atoms with Gasteiger partial charge in [0.25, 0.3) is 0 Å². The summed E-state index contributed by atoms with van der Waals surface area (Å²) < 4.78 is 6.16. The zero-order valence-electron chi connectivity index (χ0n) is 19.9. The number of esters is 1. The van der Waals surface area contributed by atoms with Crippen LogP contribution in [0, 0.1) is 28.6 Å². The van der Waals surface area contributed by atoms with Crippen LogP contribution in [-0.4, -0.2) is 23.1 Å². The second-order valence-electron chi connectivity index (χ2n) is 11.3. The smallest absolute Gasteiger partial charge is 0.306 e. The second kappa shape index (κ2) is 8.15. The highest BCUT2D eigenvalue weighted by atomic mass is 16.6. The molecule has 0 aliphatic heterocycles. The summed E-state index contributed by atoms with van der Waals surface area (Å²) in [5.74, 6) is 1.66. The molecule has 0 unspecified atom stereocenters. The van der Waals surface area contributed by atoms with Crippen LogP contribution in [0.3, 0.4) is 0 Å². The molecular formula is C27H40O4. The first kappa shape index (κ1) is 22.7. The zero-order chi connectivity index (χ0) is 22.4. The minimum atomic E-state index is -0.953. The predicted molar refractivity (Wildman–Crippen MR) is 120 cm³/mol. The van der Waals surface area contributed by atoms with Crippen molar-refractivity contribution < 1.29 is 19.1 Å². The lowest BCUT2D eigenvalue weighted by Gasteiger charge is -2.59. The Bertz CT molecular complexity index is 797. The SMILES string of the molecule is CCCCCC(=O)O[C@]1(C(C)=O)CC[C@@H]2[C@@H]3CCC4=CC(=O)CC[C@@]4(C)[C@@H]3CC[C@@]21C. The summed E-state index contributed by atoms with van der Waals surface area (Å²) in [6.07, 6.45) is 12.6. The maximum Gasteiger partial charge on any atom is 0.306 e. The zero-order valence-corrected chi connectivity index (χ0v) is 19.9. The molecule has 0 aromatic rings. The molecule has 0 saturated heterocycles. The van der Waals surface area contributed by atoms with E-state index in [1.165, 1.54) is 5.57 Å². The molecule has 0 aromatic heterocycles. The number of hydrogen-bond donors (Lipinski definition) is 0. The van der Waals surface area contributed by atoms with Crippen molar-refractivity contribution in [3.63, 3.8) is 0 Å². The first-order valence-electron chi connectivity index (χ1n) is 12.6. The van der Waals surface area contributed by atoms with Gasteiger partial charge in [0, 0.05) is 18.3 Å². The third-order valence-corrected chi connectivity index (χ3v) is 9.92. The molecule has 0 aromatic carbocycles. The number of unbranched alkanes of at least 4 members (excludes halogenated alkanes) is 2. The number of carbonyl (C=O) groups excluding carboxylic acids is 3. The maximum atomic E-state index is 13.1. The fraction of sp³-hybridized carbons (Fsp3) is 0.815. The van der Waals surface area contributed by atoms with Crippen LogP contribution in [0.1, 0.15) is 105 Å². The minimum absolute atomic E-state index is 0.0330. The summed E-state index contributed by atoms with van der Waals surface area (Å²) in [6, 6.07) is 0. The van der Waals surface area contributed by atoms with E-state index in [1.807, 2.05) is 6.08 Å². The van der Waals surface area contributed by atoms with E-state index in [-0.39, 0.29) is 28.4 Å². The third-order valence-electron chi connectivity index (χ3n) is 9.92. The fourth-order valence-corrected chi connectivity index (χ4v) is 8.14. The lowest BCUT2D eigenvalue weighted by molar-refractivity contribution is -0.189. The largest absolute Gasteiger partial charge is 0.450 e. The lowest BCUT2D eigenvalue weighted by Crippen LogP contribution is -2.58. The van der Waals surface area contributed by atoms with Crippen LogP contribution in [0.15, 0.2) is 11.6 Å². The Morgan fingerprint density at radius 1 is 1.03 bits per heavy atom. The molecule has 0 spiro atoms. The van der Waals surface area contributed by atoms with Crippen molar-refractivity contribution in [1.29, 1.82) is 0 Å². The van der Waals surface area contributed by atoms with Gasteiger partial charge in [0.1, 0.15) is 0 Å². The molecule has 3 saturated carbocycles. The molecule has 4 aliphatic rings. The van der Waals surface area contributed by atoms with E-state index in [1.54, 1.807) is 6.92 Å². The Kier molecular flexibility index (Phi) is 5.98. The van der Waals surface area contributed by atoms with E-state index in [4.69, 9.17) is 4.74 Å². The Morgan fingerprint density at radius 3 is 2.48 bits per heavy atom. The first-order chi connectivity index (χ1) is 14.7. The van der Waals surface area contributed by atoms with E-state index in [0.717, 1.165) is 57.8 Å². The van der Waals surface area contributed by atoms with Crippen LogP contribution in [0.25, 0.3) is 0 Å².